The molecule has 0 aliphatic carbocycles. The maximum Gasteiger partial charge on any atom is 0.529 e. The first-order valence-corrected chi connectivity index (χ1v) is 3.51. The number of hydroxylamine groups is 2. The highest BCUT2D eigenvalue weighted by molar-refractivity contribution is 5.61. The molecule has 56 valence electrons. The van der Waals surface area contributed by atoms with Crippen LogP contribution < -0.4 is 0 Å². The van der Waals surface area contributed by atoms with Gasteiger partial charge in [-0.05, 0) is 12.8 Å². The molecule has 4 heteroatoms. The van der Waals surface area contributed by atoms with Crippen molar-refractivity contribution in [1.82, 2.24) is 5.06 Å². The van der Waals surface area contributed by atoms with Crippen molar-refractivity contribution in [1.29, 1.82) is 0 Å². The molecule has 2 aliphatic rings. The predicted molar refractivity (Wildman–Crippen MR) is 31.9 cm³/mol. The van der Waals surface area contributed by atoms with Gasteiger partial charge in [0, 0.05) is 13.0 Å². The lowest BCUT2D eigenvalue weighted by molar-refractivity contribution is -0.122. The zero-order valence-corrected chi connectivity index (χ0v) is 5.58. The van der Waals surface area contributed by atoms with Crippen LogP contribution in [0.4, 0.5) is 4.79 Å². The minimum Gasteiger partial charge on any atom is -0.411 e. The standard InChI is InChI=1S/C6H9NO3/c8-6-9-5-3-1-2-4-7(5)10-6/h5H,1-4H2. The van der Waals surface area contributed by atoms with E-state index in [2.05, 4.69) is 0 Å². The molecule has 2 heterocycles. The monoisotopic (exact) mass is 143 g/mol. The lowest BCUT2D eigenvalue weighted by Crippen LogP contribution is -2.33. The van der Waals surface area contributed by atoms with Gasteiger partial charge < -0.3 is 9.57 Å². The SMILES string of the molecule is O=C1OC2CCCCN2O1. The molecule has 10 heavy (non-hydrogen) atoms. The van der Waals surface area contributed by atoms with Gasteiger partial charge in [-0.3, -0.25) is 0 Å². The van der Waals surface area contributed by atoms with E-state index in [1.807, 2.05) is 0 Å². The van der Waals surface area contributed by atoms with Gasteiger partial charge in [0.1, 0.15) is 0 Å². The summed E-state index contributed by atoms with van der Waals surface area (Å²) in [5, 5.41) is 1.62. The van der Waals surface area contributed by atoms with Crippen molar-refractivity contribution in [3.63, 3.8) is 0 Å². The highest BCUT2D eigenvalue weighted by Crippen LogP contribution is 2.23. The minimum atomic E-state index is -0.549. The summed E-state index contributed by atoms with van der Waals surface area (Å²) in [6, 6.07) is 0. The molecule has 0 saturated carbocycles. The Morgan fingerprint density at radius 2 is 2.40 bits per heavy atom. The van der Waals surface area contributed by atoms with E-state index < -0.39 is 6.16 Å². The van der Waals surface area contributed by atoms with Crippen molar-refractivity contribution >= 4 is 6.16 Å². The molecule has 4 nitrogen and oxygen atoms in total. The predicted octanol–water partition coefficient (Wildman–Crippen LogP) is 0.880. The molecular formula is C6H9NO3. The Kier molecular flexibility index (Phi) is 1.27. The summed E-state index contributed by atoms with van der Waals surface area (Å²) in [6.45, 7) is 0.816. The van der Waals surface area contributed by atoms with E-state index in [-0.39, 0.29) is 6.23 Å². The van der Waals surface area contributed by atoms with Gasteiger partial charge in [0.15, 0.2) is 6.23 Å². The van der Waals surface area contributed by atoms with E-state index in [0.29, 0.717) is 0 Å². The third-order valence-electron chi connectivity index (χ3n) is 1.82. The summed E-state index contributed by atoms with van der Waals surface area (Å²) in [5.41, 5.74) is 0. The highest BCUT2D eigenvalue weighted by atomic mass is 16.9. The second-order valence-corrected chi connectivity index (χ2v) is 2.55. The average molecular weight is 143 g/mol. The van der Waals surface area contributed by atoms with Gasteiger partial charge in [-0.2, -0.15) is 0 Å². The van der Waals surface area contributed by atoms with Gasteiger partial charge >= 0.3 is 6.16 Å². The Labute approximate surface area is 58.7 Å². The van der Waals surface area contributed by atoms with Crippen molar-refractivity contribution in [2.45, 2.75) is 25.5 Å². The third-order valence-corrected chi connectivity index (χ3v) is 1.82. The summed E-state index contributed by atoms with van der Waals surface area (Å²) < 4.78 is 4.83. The molecule has 1 unspecified atom stereocenters. The quantitative estimate of drug-likeness (QED) is 0.472. The maximum atomic E-state index is 10.5. The number of nitrogens with zero attached hydrogens (tertiary/aromatic N) is 1. The van der Waals surface area contributed by atoms with Crippen molar-refractivity contribution < 1.29 is 14.4 Å². The number of hydrogen-bond acceptors (Lipinski definition) is 4. The van der Waals surface area contributed by atoms with Crippen LogP contribution in [0.5, 0.6) is 0 Å². The van der Waals surface area contributed by atoms with Gasteiger partial charge in [-0.25, -0.2) is 4.79 Å². The van der Waals surface area contributed by atoms with E-state index in [1.165, 1.54) is 0 Å². The molecule has 0 amide bonds. The Morgan fingerprint density at radius 1 is 1.50 bits per heavy atom. The minimum absolute atomic E-state index is 0.0961. The highest BCUT2D eigenvalue weighted by Gasteiger charge is 2.35. The Bertz CT molecular complexity index is 143. The van der Waals surface area contributed by atoms with E-state index in [0.717, 1.165) is 25.8 Å². The van der Waals surface area contributed by atoms with Crippen molar-refractivity contribution in [2.24, 2.45) is 0 Å². The second-order valence-electron chi connectivity index (χ2n) is 2.55. The lowest BCUT2D eigenvalue weighted by Gasteiger charge is -2.22. The molecule has 0 aromatic carbocycles. The zero-order chi connectivity index (χ0) is 6.97. The molecule has 2 saturated heterocycles. The van der Waals surface area contributed by atoms with E-state index in [9.17, 15) is 4.79 Å². The van der Waals surface area contributed by atoms with Gasteiger partial charge in [0.25, 0.3) is 0 Å². The summed E-state index contributed by atoms with van der Waals surface area (Å²) in [6.07, 6.45) is 2.48. The molecule has 2 rings (SSSR count). The first-order valence-electron chi connectivity index (χ1n) is 3.51. The first kappa shape index (κ1) is 5.97. The fraction of sp³-hybridized carbons (Fsp3) is 0.833. The normalized spacial score (nSPS) is 32.8. The smallest absolute Gasteiger partial charge is 0.411 e. The summed E-state index contributed by atoms with van der Waals surface area (Å²) in [7, 11) is 0. The molecule has 0 aromatic heterocycles. The zero-order valence-electron chi connectivity index (χ0n) is 5.58. The van der Waals surface area contributed by atoms with Crippen LogP contribution in [-0.4, -0.2) is 24.0 Å². The van der Waals surface area contributed by atoms with Crippen LogP contribution in [0.1, 0.15) is 19.3 Å². The molecule has 0 N–H and O–H groups in total. The lowest BCUT2D eigenvalue weighted by atomic mass is 10.1. The van der Waals surface area contributed by atoms with Crippen molar-refractivity contribution in [3.8, 4) is 0 Å². The summed E-state index contributed by atoms with van der Waals surface area (Å²) >= 11 is 0. The fourth-order valence-electron chi connectivity index (χ4n) is 1.33. The van der Waals surface area contributed by atoms with Gasteiger partial charge in [-0.15, -0.1) is 0 Å². The number of carbonyl (C=O) groups is 1. The number of ether oxygens (including phenoxy) is 1. The maximum absolute atomic E-state index is 10.5. The molecule has 2 aliphatic heterocycles. The van der Waals surface area contributed by atoms with E-state index in [1.54, 1.807) is 5.06 Å². The van der Waals surface area contributed by atoms with Gasteiger partial charge in [-0.1, -0.05) is 5.06 Å². The number of piperidine rings is 1. The van der Waals surface area contributed by atoms with E-state index >= 15 is 0 Å². The molecule has 0 spiro atoms. The molecule has 0 aromatic rings. The van der Waals surface area contributed by atoms with Crippen LogP contribution in [0.3, 0.4) is 0 Å². The molecule has 2 fully saturated rings. The van der Waals surface area contributed by atoms with Crippen LogP contribution in [0, 0.1) is 0 Å². The molecule has 0 radical (unpaired) electrons. The Balaban J connectivity index is 2.04. The van der Waals surface area contributed by atoms with Crippen LogP contribution in [-0.2, 0) is 9.57 Å². The van der Waals surface area contributed by atoms with Crippen LogP contribution >= 0.6 is 0 Å². The number of fused-ring (bicyclic) bond motifs is 1. The molecule has 1 atom stereocenters. The van der Waals surface area contributed by atoms with Gasteiger partial charge in [0.2, 0.25) is 0 Å². The number of carbonyl (C=O) groups excluding carboxylic acids is 1. The van der Waals surface area contributed by atoms with Crippen LogP contribution in [0.15, 0.2) is 0 Å². The van der Waals surface area contributed by atoms with Gasteiger partial charge in [0.05, 0.1) is 0 Å². The largest absolute Gasteiger partial charge is 0.529 e. The van der Waals surface area contributed by atoms with E-state index in [4.69, 9.17) is 9.57 Å². The molecular weight excluding hydrogens is 134 g/mol. The Morgan fingerprint density at radius 3 is 3.20 bits per heavy atom. The first-order chi connectivity index (χ1) is 4.86. The molecule has 0 bridgehead atoms. The average Bonchev–Trinajstić information content (AvgIpc) is 2.27. The number of rotatable bonds is 0. The van der Waals surface area contributed by atoms with Crippen molar-refractivity contribution in [2.75, 3.05) is 6.54 Å². The van der Waals surface area contributed by atoms with Crippen molar-refractivity contribution in [3.05, 3.63) is 0 Å². The summed E-state index contributed by atoms with van der Waals surface area (Å²) in [4.78, 5) is 15.3. The second kappa shape index (κ2) is 2.12. The number of hydrogen-bond donors (Lipinski definition) is 0. The van der Waals surface area contributed by atoms with Crippen LogP contribution in [0.25, 0.3) is 0 Å². The Hall–Kier alpha value is -0.770. The third kappa shape index (κ3) is 0.844. The van der Waals surface area contributed by atoms with Crippen LogP contribution in [0.2, 0.25) is 0 Å². The summed E-state index contributed by atoms with van der Waals surface area (Å²) in [5.74, 6) is 0. The topological polar surface area (TPSA) is 38.8 Å². The fourth-order valence-corrected chi connectivity index (χ4v) is 1.33.